The van der Waals surface area contributed by atoms with E-state index in [0.717, 1.165) is 17.9 Å². The Morgan fingerprint density at radius 1 is 1.24 bits per heavy atom. The molecule has 114 valence electrons. The molecule has 1 saturated carbocycles. The van der Waals surface area contributed by atoms with Crippen LogP contribution in [0.15, 0.2) is 18.2 Å². The number of benzene rings is 1. The zero-order chi connectivity index (χ0) is 15.6. The first-order valence-corrected chi connectivity index (χ1v) is 8.20. The van der Waals surface area contributed by atoms with Crippen molar-refractivity contribution in [3.8, 4) is 0 Å². The van der Waals surface area contributed by atoms with Gasteiger partial charge in [-0.05, 0) is 48.3 Å². The maximum Gasteiger partial charge on any atom is 0.127 e. The second kappa shape index (κ2) is 4.49. The molecule has 0 aliphatic heterocycles. The first-order valence-electron chi connectivity index (χ1n) is 7.77. The van der Waals surface area contributed by atoms with Crippen LogP contribution in [0.5, 0.6) is 0 Å². The molecule has 2 nitrogen and oxygen atoms in total. The molecule has 1 atom stereocenters. The zero-order valence-electron chi connectivity index (χ0n) is 13.9. The Morgan fingerprint density at radius 3 is 2.38 bits per heavy atom. The molecule has 0 spiro atoms. The summed E-state index contributed by atoms with van der Waals surface area (Å²) in [6.07, 6.45) is 0. The summed E-state index contributed by atoms with van der Waals surface area (Å²) in [6.45, 7) is 14.6. The molecule has 1 aliphatic carbocycles. The molecule has 0 radical (unpaired) electrons. The highest BCUT2D eigenvalue weighted by Crippen LogP contribution is 2.69. The molecule has 1 fully saturated rings. The quantitative estimate of drug-likeness (QED) is 0.701. The average Bonchev–Trinajstić information content (AvgIpc) is 2.70. The Hall–Kier alpha value is -1.02. The molecule has 0 amide bonds. The number of fused-ring (bicyclic) bond motifs is 1. The third-order valence-corrected chi connectivity index (χ3v) is 6.17. The third kappa shape index (κ3) is 2.11. The number of hydrogen-bond acceptors (Lipinski definition) is 1. The van der Waals surface area contributed by atoms with Gasteiger partial charge >= 0.3 is 0 Å². The van der Waals surface area contributed by atoms with Crippen molar-refractivity contribution in [3.63, 3.8) is 0 Å². The van der Waals surface area contributed by atoms with Crippen LogP contribution in [-0.4, -0.2) is 9.55 Å². The molecule has 3 rings (SSSR count). The number of aryl methyl sites for hydroxylation is 1. The van der Waals surface area contributed by atoms with E-state index in [1.165, 1.54) is 11.1 Å². The minimum Gasteiger partial charge on any atom is -0.326 e. The van der Waals surface area contributed by atoms with Gasteiger partial charge in [0.1, 0.15) is 5.82 Å². The summed E-state index contributed by atoms with van der Waals surface area (Å²) in [4.78, 5) is 4.76. The van der Waals surface area contributed by atoms with Crippen molar-refractivity contribution in [1.29, 1.82) is 0 Å². The van der Waals surface area contributed by atoms with E-state index >= 15 is 0 Å². The van der Waals surface area contributed by atoms with Gasteiger partial charge in [0.05, 0.1) is 16.4 Å². The van der Waals surface area contributed by atoms with Crippen LogP contribution >= 0.6 is 11.6 Å². The summed E-state index contributed by atoms with van der Waals surface area (Å²) in [7, 11) is 0. The van der Waals surface area contributed by atoms with Crippen LogP contribution in [0.25, 0.3) is 11.0 Å². The van der Waals surface area contributed by atoms with Gasteiger partial charge in [-0.3, -0.25) is 0 Å². The Balaban J connectivity index is 2.08. The predicted molar refractivity (Wildman–Crippen MR) is 89.8 cm³/mol. The lowest BCUT2D eigenvalue weighted by Crippen LogP contribution is -2.09. The summed E-state index contributed by atoms with van der Waals surface area (Å²) in [6, 6.07) is 6.45. The molecule has 1 unspecified atom stereocenters. The van der Waals surface area contributed by atoms with E-state index in [0.29, 0.717) is 16.7 Å². The summed E-state index contributed by atoms with van der Waals surface area (Å²) in [5.74, 6) is 1.66. The number of hydrogen-bond donors (Lipinski definition) is 0. The van der Waals surface area contributed by atoms with Crippen molar-refractivity contribution in [1.82, 2.24) is 9.55 Å². The van der Waals surface area contributed by atoms with E-state index in [2.05, 4.69) is 57.4 Å². The molecular weight excluding hydrogens is 280 g/mol. The maximum atomic E-state index is 6.38. The van der Waals surface area contributed by atoms with E-state index in [-0.39, 0.29) is 5.38 Å². The zero-order valence-corrected chi connectivity index (χ0v) is 14.6. The van der Waals surface area contributed by atoms with Gasteiger partial charge in [-0.25, -0.2) is 4.98 Å². The van der Waals surface area contributed by atoms with Gasteiger partial charge in [-0.2, -0.15) is 0 Å². The lowest BCUT2D eigenvalue weighted by molar-refractivity contribution is 0.457. The number of aromatic nitrogens is 2. The fourth-order valence-electron chi connectivity index (χ4n) is 3.72. The van der Waals surface area contributed by atoms with Crippen LogP contribution in [0.1, 0.15) is 51.4 Å². The first-order chi connectivity index (χ1) is 9.66. The van der Waals surface area contributed by atoms with Gasteiger partial charge in [0.2, 0.25) is 0 Å². The molecule has 0 saturated heterocycles. The topological polar surface area (TPSA) is 17.8 Å². The maximum absolute atomic E-state index is 6.38. The van der Waals surface area contributed by atoms with Crippen LogP contribution in [0.4, 0.5) is 0 Å². The third-order valence-electron chi connectivity index (χ3n) is 5.97. The number of alkyl halides is 1. The van der Waals surface area contributed by atoms with Crippen molar-refractivity contribution >= 4 is 22.6 Å². The van der Waals surface area contributed by atoms with Gasteiger partial charge in [-0.15, -0.1) is 11.6 Å². The molecule has 1 heterocycles. The Kier molecular flexibility index (Phi) is 3.18. The van der Waals surface area contributed by atoms with Crippen molar-refractivity contribution < 1.29 is 0 Å². The van der Waals surface area contributed by atoms with Gasteiger partial charge < -0.3 is 4.57 Å². The second-order valence-electron chi connectivity index (χ2n) is 7.68. The monoisotopic (exact) mass is 304 g/mol. The van der Waals surface area contributed by atoms with Gasteiger partial charge in [0.15, 0.2) is 0 Å². The summed E-state index contributed by atoms with van der Waals surface area (Å²) in [5.41, 5.74) is 4.29. The van der Waals surface area contributed by atoms with Crippen molar-refractivity contribution in [2.45, 2.75) is 53.5 Å². The number of rotatable bonds is 3. The van der Waals surface area contributed by atoms with Crippen LogP contribution in [0, 0.1) is 23.7 Å². The normalized spacial score (nSPS) is 21.7. The molecule has 1 aromatic carbocycles. The molecule has 0 N–H and O–H groups in total. The minimum absolute atomic E-state index is 0.0670. The molecule has 21 heavy (non-hydrogen) atoms. The lowest BCUT2D eigenvalue weighted by Gasteiger charge is -2.12. The lowest BCUT2D eigenvalue weighted by atomic mass is 10.0. The van der Waals surface area contributed by atoms with Gasteiger partial charge in [0, 0.05) is 6.54 Å². The SMILES string of the molecule is Cc1ccc2nc(C(C)Cl)n(CC3C(C)(C)C3(C)C)c2c1. The fourth-order valence-corrected chi connectivity index (χ4v) is 3.89. The smallest absolute Gasteiger partial charge is 0.127 e. The van der Waals surface area contributed by atoms with Gasteiger partial charge in [-0.1, -0.05) is 33.8 Å². The number of imidazole rings is 1. The van der Waals surface area contributed by atoms with Crippen molar-refractivity contribution in [2.75, 3.05) is 0 Å². The van der Waals surface area contributed by atoms with Crippen LogP contribution in [0.3, 0.4) is 0 Å². The van der Waals surface area contributed by atoms with Crippen LogP contribution in [-0.2, 0) is 6.54 Å². The Labute approximate surface area is 132 Å². The standard InChI is InChI=1S/C18H25ClN2/c1-11-7-8-13-14(9-11)21(16(20-13)12(2)19)10-15-17(3,4)18(15,5)6/h7-9,12,15H,10H2,1-6H3. The van der Waals surface area contributed by atoms with Crippen molar-refractivity contribution in [2.24, 2.45) is 16.7 Å². The molecule has 1 aromatic heterocycles. The molecular formula is C18H25ClN2. The summed E-state index contributed by atoms with van der Waals surface area (Å²) < 4.78 is 2.35. The van der Waals surface area contributed by atoms with Crippen LogP contribution in [0.2, 0.25) is 0 Å². The molecule has 1 aliphatic rings. The largest absolute Gasteiger partial charge is 0.326 e. The van der Waals surface area contributed by atoms with E-state index in [4.69, 9.17) is 16.6 Å². The van der Waals surface area contributed by atoms with E-state index in [1.807, 2.05) is 6.92 Å². The molecule has 3 heteroatoms. The van der Waals surface area contributed by atoms with Crippen molar-refractivity contribution in [3.05, 3.63) is 29.6 Å². The molecule has 0 bridgehead atoms. The summed E-state index contributed by atoms with van der Waals surface area (Å²) in [5, 5.41) is -0.0670. The predicted octanol–water partition coefficient (Wildman–Crippen LogP) is 5.33. The second-order valence-corrected chi connectivity index (χ2v) is 8.34. The number of nitrogens with zero attached hydrogens (tertiary/aromatic N) is 2. The average molecular weight is 305 g/mol. The first kappa shape index (κ1) is 14.9. The highest BCUT2D eigenvalue weighted by molar-refractivity contribution is 6.20. The highest BCUT2D eigenvalue weighted by Gasteiger charge is 2.64. The van der Waals surface area contributed by atoms with E-state index in [9.17, 15) is 0 Å². The highest BCUT2D eigenvalue weighted by atomic mass is 35.5. The fraction of sp³-hybridized carbons (Fsp3) is 0.611. The Morgan fingerprint density at radius 2 is 1.86 bits per heavy atom. The summed E-state index contributed by atoms with van der Waals surface area (Å²) >= 11 is 6.38. The molecule has 2 aromatic rings. The minimum atomic E-state index is -0.0670. The van der Waals surface area contributed by atoms with E-state index in [1.54, 1.807) is 0 Å². The number of halogens is 1. The van der Waals surface area contributed by atoms with Crippen LogP contribution < -0.4 is 0 Å². The Bertz CT molecular complexity index is 681. The van der Waals surface area contributed by atoms with Gasteiger partial charge in [0.25, 0.3) is 0 Å². The van der Waals surface area contributed by atoms with E-state index < -0.39 is 0 Å².